The molecule has 0 amide bonds. The number of rotatable bonds is 13. The highest BCUT2D eigenvalue weighted by atomic mass is 15.0. The van der Waals surface area contributed by atoms with Crippen LogP contribution in [0.1, 0.15) is 0 Å². The van der Waals surface area contributed by atoms with Crippen LogP contribution in [0.3, 0.4) is 0 Å². The van der Waals surface area contributed by atoms with Gasteiger partial charge in [-0.1, -0.05) is 303 Å². The van der Waals surface area contributed by atoms with Crippen molar-refractivity contribution in [3.05, 3.63) is 383 Å². The number of nitrogens with zero attached hydrogens (tertiary/aromatic N) is 11. The van der Waals surface area contributed by atoms with E-state index in [1.807, 2.05) is 134 Å². The number of hydrogen-bond donors (Lipinski definition) is 0. The molecule has 0 bridgehead atoms. The number of benzene rings is 12. The smallest absolute Gasteiger partial charge is 0.165 e. The Labute approximate surface area is 634 Å². The summed E-state index contributed by atoms with van der Waals surface area (Å²) in [6.45, 7) is 0. The van der Waals surface area contributed by atoms with E-state index in [9.17, 15) is 0 Å². The molecule has 20 aromatic rings. The first-order valence-electron chi connectivity index (χ1n) is 36.5. The molecule has 0 atom stereocenters. The first-order chi connectivity index (χ1) is 54.5. The van der Waals surface area contributed by atoms with Crippen molar-refractivity contribution in [3.8, 4) is 146 Å². The monoisotopic (exact) mass is 1410 g/mol. The van der Waals surface area contributed by atoms with Crippen LogP contribution in [-0.4, -0.2) is 54.8 Å². The van der Waals surface area contributed by atoms with Gasteiger partial charge in [0.25, 0.3) is 0 Å². The van der Waals surface area contributed by atoms with Crippen LogP contribution in [0.5, 0.6) is 0 Å². The summed E-state index contributed by atoms with van der Waals surface area (Å²) in [6.07, 6.45) is 5.37. The first kappa shape index (κ1) is 65.7. The summed E-state index contributed by atoms with van der Waals surface area (Å²) in [6, 6.07) is 125. The van der Waals surface area contributed by atoms with Crippen LogP contribution < -0.4 is 0 Å². The third-order valence-corrected chi connectivity index (χ3v) is 19.9. The summed E-state index contributed by atoms with van der Waals surface area (Å²) >= 11 is 0. The largest absolute Gasteiger partial charge is 0.264 e. The van der Waals surface area contributed by atoms with Gasteiger partial charge in [-0.25, -0.2) is 44.9 Å². The van der Waals surface area contributed by atoms with E-state index in [-0.39, 0.29) is 0 Å². The van der Waals surface area contributed by atoms with Crippen LogP contribution in [-0.2, 0) is 0 Å². The van der Waals surface area contributed by atoms with Crippen LogP contribution in [0.25, 0.3) is 201 Å². The first-order valence-corrected chi connectivity index (χ1v) is 36.5. The van der Waals surface area contributed by atoms with Gasteiger partial charge in [0.2, 0.25) is 0 Å². The Morgan fingerprint density at radius 1 is 0.164 bits per heavy atom. The Kier molecular flexibility index (Phi) is 17.4. The van der Waals surface area contributed by atoms with E-state index in [1.165, 1.54) is 0 Å². The maximum Gasteiger partial charge on any atom is 0.165 e. The fraction of sp³-hybridized carbons (Fsp3) is 0. The second-order valence-corrected chi connectivity index (χ2v) is 26.9. The highest BCUT2D eigenvalue weighted by molar-refractivity contribution is 6.11. The van der Waals surface area contributed by atoms with E-state index < -0.39 is 0 Å². The van der Waals surface area contributed by atoms with Crippen LogP contribution in [0.4, 0.5) is 0 Å². The summed E-state index contributed by atoms with van der Waals surface area (Å²) in [5.74, 6) is 2.44. The average Bonchev–Trinajstić information content (AvgIpc) is 0.752. The van der Waals surface area contributed by atoms with Gasteiger partial charge in [-0.05, 0) is 88.5 Å². The topological polar surface area (TPSA) is 142 Å². The molecule has 110 heavy (non-hydrogen) atoms. The molecule has 0 N–H and O–H groups in total. The molecule has 11 nitrogen and oxygen atoms in total. The Morgan fingerprint density at radius 3 is 1.09 bits per heavy atom. The molecule has 0 aliphatic rings. The van der Waals surface area contributed by atoms with E-state index in [0.29, 0.717) is 23.3 Å². The maximum atomic E-state index is 5.35. The van der Waals surface area contributed by atoms with Crippen molar-refractivity contribution in [2.24, 2.45) is 0 Å². The van der Waals surface area contributed by atoms with Gasteiger partial charge >= 0.3 is 0 Å². The van der Waals surface area contributed by atoms with Crippen LogP contribution >= 0.6 is 0 Å². The number of pyridine rings is 6. The van der Waals surface area contributed by atoms with Crippen molar-refractivity contribution in [2.45, 2.75) is 0 Å². The van der Waals surface area contributed by atoms with Crippen molar-refractivity contribution >= 4 is 54.5 Å². The van der Waals surface area contributed by atoms with Crippen molar-refractivity contribution in [2.75, 3.05) is 0 Å². The van der Waals surface area contributed by atoms with Crippen molar-refractivity contribution in [1.82, 2.24) is 54.8 Å². The van der Waals surface area contributed by atoms with E-state index in [2.05, 4.69) is 242 Å². The lowest BCUT2D eigenvalue weighted by atomic mass is 9.94. The molecule has 20 rings (SSSR count). The SMILES string of the molecule is c1ccc(-c2cc(-c3cc(-c4ccccc4)nc4c3ccc3ccc(-c5ccccc5)nc34)nc(-c3cccc(-c4cccc5cccnc45)c3)n2)cc1.c1ccc(-c2ccc3ccc4c(-c5cccc(-c6ccc(-c7nc(-c8ccccc8)nc(-c8cccnc8)n7)cc6)c5)cc(-c5ccccc5)nc4c3n2)cc1. The quantitative estimate of drug-likeness (QED) is 0.102. The van der Waals surface area contributed by atoms with Gasteiger partial charge in [-0.3, -0.25) is 9.97 Å². The Balaban J connectivity index is 0.000000149. The van der Waals surface area contributed by atoms with Crippen LogP contribution in [0.2, 0.25) is 0 Å². The summed E-state index contributed by atoms with van der Waals surface area (Å²) in [4.78, 5) is 55.2. The minimum absolute atomic E-state index is 0.581. The van der Waals surface area contributed by atoms with Crippen molar-refractivity contribution in [3.63, 3.8) is 0 Å². The summed E-state index contributed by atoms with van der Waals surface area (Å²) in [5.41, 5.74) is 25.9. The number of aromatic nitrogens is 11. The lowest BCUT2D eigenvalue weighted by Gasteiger charge is -2.15. The molecule has 8 aromatic heterocycles. The van der Waals surface area contributed by atoms with Crippen molar-refractivity contribution < 1.29 is 0 Å². The third-order valence-electron chi connectivity index (χ3n) is 19.9. The predicted molar refractivity (Wildman–Crippen MR) is 447 cm³/mol. The minimum Gasteiger partial charge on any atom is -0.264 e. The second-order valence-electron chi connectivity index (χ2n) is 26.9. The third kappa shape index (κ3) is 13.2. The van der Waals surface area contributed by atoms with E-state index in [1.54, 1.807) is 12.4 Å². The van der Waals surface area contributed by atoms with Gasteiger partial charge in [0, 0.05) is 107 Å². The molecule has 0 aliphatic carbocycles. The Morgan fingerprint density at radius 2 is 0.536 bits per heavy atom. The molecular weight excluding hydrogens is 1340 g/mol. The van der Waals surface area contributed by atoms with Gasteiger partial charge < -0.3 is 0 Å². The fourth-order valence-corrected chi connectivity index (χ4v) is 14.4. The van der Waals surface area contributed by atoms with Crippen molar-refractivity contribution in [1.29, 1.82) is 0 Å². The van der Waals surface area contributed by atoms with Gasteiger partial charge in [0.15, 0.2) is 23.3 Å². The van der Waals surface area contributed by atoms with E-state index in [0.717, 1.165) is 178 Å². The zero-order valence-electron chi connectivity index (χ0n) is 59.3. The molecule has 0 saturated heterocycles. The molecule has 0 fully saturated rings. The number of para-hydroxylation sites is 1. The van der Waals surface area contributed by atoms with Crippen LogP contribution in [0.15, 0.2) is 383 Å². The summed E-state index contributed by atoms with van der Waals surface area (Å²) in [7, 11) is 0. The standard InChI is InChI=1S/C50H32N6.C49H31N5/c1-4-12-34(13-5-1)44-28-26-36-25-27-42-43(31-45(35-14-6-2-7-15-35)53-47(42)46(36)52-44)40-19-10-18-39(30-40)33-21-23-38(24-22-33)49-54-48(37-16-8-3-9-17-37)55-50(56-49)41-20-11-29-51-32-41;1-4-13-32(14-5-1)42-27-25-36-24-26-40-41(30-43(33-15-6-2-7-16-33)52-48(40)47(36)51-42)45-31-44(34-17-8-3-9-18-34)53-49(54-45)38-21-10-20-37(29-38)39-23-11-19-35-22-12-28-50-46(35)39/h1-32H;1-31H. The lowest BCUT2D eigenvalue weighted by Crippen LogP contribution is -2.00. The predicted octanol–water partition coefficient (Wildman–Crippen LogP) is 24.2. The molecule has 0 aliphatic heterocycles. The molecule has 12 aromatic carbocycles. The molecule has 0 radical (unpaired) electrons. The summed E-state index contributed by atoms with van der Waals surface area (Å²) in [5, 5.41) is 5.20. The highest BCUT2D eigenvalue weighted by Crippen LogP contribution is 2.41. The Bertz CT molecular complexity index is 6740. The lowest BCUT2D eigenvalue weighted by molar-refractivity contribution is 1.07. The molecule has 8 heterocycles. The maximum absolute atomic E-state index is 5.35. The Hall–Kier alpha value is -15.1. The minimum atomic E-state index is 0.581. The molecule has 514 valence electrons. The molecule has 0 spiro atoms. The van der Waals surface area contributed by atoms with Gasteiger partial charge in [-0.2, -0.15) is 0 Å². The molecule has 0 unspecified atom stereocenters. The van der Waals surface area contributed by atoms with E-state index in [4.69, 9.17) is 49.8 Å². The zero-order valence-corrected chi connectivity index (χ0v) is 59.3. The average molecular weight is 1410 g/mol. The zero-order chi connectivity index (χ0) is 73.1. The summed E-state index contributed by atoms with van der Waals surface area (Å²) < 4.78 is 0. The molecule has 11 heteroatoms. The molecule has 0 saturated carbocycles. The fourth-order valence-electron chi connectivity index (χ4n) is 14.4. The normalized spacial score (nSPS) is 11.3. The van der Waals surface area contributed by atoms with Crippen LogP contribution in [0, 0.1) is 0 Å². The van der Waals surface area contributed by atoms with E-state index >= 15 is 0 Å². The number of fused-ring (bicyclic) bond motifs is 7. The van der Waals surface area contributed by atoms with Gasteiger partial charge in [0.05, 0.1) is 61.7 Å². The second kappa shape index (κ2) is 29.1. The highest BCUT2D eigenvalue weighted by Gasteiger charge is 2.21. The van der Waals surface area contributed by atoms with Gasteiger partial charge in [-0.15, -0.1) is 0 Å². The molecular formula is C99H63N11. The number of hydrogen-bond acceptors (Lipinski definition) is 11. The van der Waals surface area contributed by atoms with Gasteiger partial charge in [0.1, 0.15) is 0 Å².